The summed E-state index contributed by atoms with van der Waals surface area (Å²) in [4.78, 5) is 31.0. The van der Waals surface area contributed by atoms with Gasteiger partial charge < -0.3 is 15.1 Å². The van der Waals surface area contributed by atoms with Gasteiger partial charge in [-0.25, -0.2) is 4.68 Å². The topological polar surface area (TPSA) is 119 Å². The van der Waals surface area contributed by atoms with Gasteiger partial charge in [-0.3, -0.25) is 19.4 Å². The van der Waals surface area contributed by atoms with Crippen LogP contribution in [0.25, 0.3) is 16.7 Å². The van der Waals surface area contributed by atoms with Crippen LogP contribution in [0.2, 0.25) is 0 Å². The normalized spacial score (nSPS) is 16.5. The number of furan rings is 1. The second-order valence-corrected chi connectivity index (χ2v) is 12.8. The molecule has 2 N–H and O–H groups in total. The van der Waals surface area contributed by atoms with Crippen LogP contribution in [0.5, 0.6) is 0 Å². The van der Waals surface area contributed by atoms with E-state index in [4.69, 9.17) is 9.68 Å². The highest BCUT2D eigenvalue weighted by Crippen LogP contribution is 2.23. The molecule has 5 aromatic rings. The Bertz CT molecular complexity index is 1890. The first-order valence-electron chi connectivity index (χ1n) is 16.7. The van der Waals surface area contributed by atoms with Crippen molar-refractivity contribution in [1.29, 1.82) is 5.26 Å². The fourth-order valence-corrected chi connectivity index (χ4v) is 6.67. The number of nitrogens with zero attached hydrogens (tertiary/aromatic N) is 5. The SMILES string of the molecule is N#Cc1ccc(CN2CCC(NC(=O)c3cc4cc(C(=O)NC5CCN(Cc6ccc(-n7cccn7)cc6)CC5)ccc4o3)CC2)cc1. The van der Waals surface area contributed by atoms with Crippen LogP contribution in [-0.2, 0) is 13.1 Å². The minimum atomic E-state index is -0.233. The van der Waals surface area contributed by atoms with Crippen LogP contribution < -0.4 is 10.6 Å². The number of benzene rings is 3. The Hall–Kier alpha value is -5.24. The van der Waals surface area contributed by atoms with E-state index in [1.54, 1.807) is 30.5 Å². The van der Waals surface area contributed by atoms with Crippen LogP contribution in [0.4, 0.5) is 0 Å². The van der Waals surface area contributed by atoms with Crippen LogP contribution in [0.15, 0.2) is 95.7 Å². The highest BCUT2D eigenvalue weighted by atomic mass is 16.3. The molecule has 244 valence electrons. The zero-order chi connectivity index (χ0) is 32.9. The highest BCUT2D eigenvalue weighted by molar-refractivity contribution is 6.00. The molecule has 0 radical (unpaired) electrons. The zero-order valence-corrected chi connectivity index (χ0v) is 26.8. The summed E-state index contributed by atoms with van der Waals surface area (Å²) < 4.78 is 7.73. The summed E-state index contributed by atoms with van der Waals surface area (Å²) in [5.41, 5.74) is 5.29. The molecular formula is C38H39N7O3. The predicted octanol–water partition coefficient (Wildman–Crippen LogP) is 5.28. The summed E-state index contributed by atoms with van der Waals surface area (Å²) in [6.45, 7) is 5.30. The number of hydrogen-bond donors (Lipinski definition) is 2. The van der Waals surface area contributed by atoms with E-state index in [-0.39, 0.29) is 29.7 Å². The van der Waals surface area contributed by atoms with Gasteiger partial charge in [-0.15, -0.1) is 0 Å². The van der Waals surface area contributed by atoms with Crippen LogP contribution in [0.3, 0.4) is 0 Å². The lowest BCUT2D eigenvalue weighted by Crippen LogP contribution is -2.44. The average molecular weight is 642 g/mol. The molecular weight excluding hydrogens is 602 g/mol. The number of aromatic nitrogens is 2. The molecule has 2 aliphatic heterocycles. The summed E-state index contributed by atoms with van der Waals surface area (Å²) in [5, 5.41) is 20.4. The Kier molecular flexibility index (Phi) is 9.32. The van der Waals surface area contributed by atoms with Crippen molar-refractivity contribution in [3.8, 4) is 11.8 Å². The van der Waals surface area contributed by atoms with E-state index in [9.17, 15) is 9.59 Å². The molecule has 0 bridgehead atoms. The van der Waals surface area contributed by atoms with Gasteiger partial charge in [-0.2, -0.15) is 10.4 Å². The van der Waals surface area contributed by atoms with Gasteiger partial charge in [0.25, 0.3) is 11.8 Å². The van der Waals surface area contributed by atoms with E-state index in [1.807, 2.05) is 41.2 Å². The smallest absolute Gasteiger partial charge is 0.287 e. The standard InChI is InChI=1S/C38H39N7O3/c39-24-27-2-4-28(5-3-27)25-43-20-14-33(15-21-43)42-38(47)36-23-31-22-30(8-11-35(31)48-36)37(46)41-32-12-18-44(19-13-32)26-29-6-9-34(10-7-29)45-17-1-16-40-45/h1-11,16-17,22-23,32-33H,12-15,18-21,25-26H2,(H,41,46)(H,42,47). The molecule has 2 aliphatic rings. The van der Waals surface area contributed by atoms with Gasteiger partial charge >= 0.3 is 0 Å². The van der Waals surface area contributed by atoms with Crippen molar-refractivity contribution in [2.24, 2.45) is 0 Å². The number of nitriles is 1. The lowest BCUT2D eigenvalue weighted by Gasteiger charge is -2.32. The third-order valence-corrected chi connectivity index (χ3v) is 9.45. The van der Waals surface area contributed by atoms with E-state index in [0.717, 1.165) is 76.0 Å². The van der Waals surface area contributed by atoms with E-state index in [1.165, 1.54) is 11.1 Å². The van der Waals surface area contributed by atoms with Gasteiger partial charge in [0, 0.05) is 74.7 Å². The van der Waals surface area contributed by atoms with Crippen molar-refractivity contribution in [3.05, 3.63) is 119 Å². The molecule has 0 aliphatic carbocycles. The first-order chi connectivity index (χ1) is 23.5. The van der Waals surface area contributed by atoms with Crippen molar-refractivity contribution in [2.75, 3.05) is 26.2 Å². The molecule has 3 aromatic carbocycles. The first kappa shape index (κ1) is 31.4. The van der Waals surface area contributed by atoms with E-state index >= 15 is 0 Å². The molecule has 48 heavy (non-hydrogen) atoms. The number of piperidine rings is 2. The monoisotopic (exact) mass is 641 g/mol. The predicted molar refractivity (Wildman–Crippen MR) is 182 cm³/mol. The van der Waals surface area contributed by atoms with Gasteiger partial charge in [0.15, 0.2) is 5.76 Å². The minimum absolute atomic E-state index is 0.0730. The number of hydrogen-bond acceptors (Lipinski definition) is 7. The highest BCUT2D eigenvalue weighted by Gasteiger charge is 2.24. The van der Waals surface area contributed by atoms with Crippen molar-refractivity contribution in [1.82, 2.24) is 30.2 Å². The van der Waals surface area contributed by atoms with Crippen molar-refractivity contribution < 1.29 is 14.0 Å². The second kappa shape index (κ2) is 14.3. The number of carbonyl (C=O) groups is 2. The molecule has 7 rings (SSSR count). The van der Waals surface area contributed by atoms with E-state index < -0.39 is 0 Å². The second-order valence-electron chi connectivity index (χ2n) is 12.8. The van der Waals surface area contributed by atoms with Crippen LogP contribution in [0, 0.1) is 11.3 Å². The van der Waals surface area contributed by atoms with Gasteiger partial charge in [0.05, 0.1) is 17.3 Å². The van der Waals surface area contributed by atoms with Gasteiger partial charge in [-0.1, -0.05) is 24.3 Å². The van der Waals surface area contributed by atoms with E-state index in [2.05, 4.69) is 55.9 Å². The first-order valence-corrected chi connectivity index (χ1v) is 16.7. The van der Waals surface area contributed by atoms with Gasteiger partial charge in [0.2, 0.25) is 0 Å². The van der Waals surface area contributed by atoms with Crippen molar-refractivity contribution >= 4 is 22.8 Å². The molecule has 0 unspecified atom stereocenters. The summed E-state index contributed by atoms with van der Waals surface area (Å²) in [5.74, 6) is -0.0844. The maximum atomic E-state index is 13.2. The maximum absolute atomic E-state index is 13.2. The third-order valence-electron chi connectivity index (χ3n) is 9.45. The average Bonchev–Trinajstić information content (AvgIpc) is 3.82. The molecule has 10 heteroatoms. The fraction of sp³-hybridized carbons (Fsp3) is 0.316. The number of amides is 2. The maximum Gasteiger partial charge on any atom is 0.287 e. The van der Waals surface area contributed by atoms with Crippen LogP contribution in [-0.4, -0.2) is 69.7 Å². The zero-order valence-electron chi connectivity index (χ0n) is 26.8. The van der Waals surface area contributed by atoms with Crippen LogP contribution >= 0.6 is 0 Å². The quantitative estimate of drug-likeness (QED) is 0.225. The largest absolute Gasteiger partial charge is 0.451 e. The molecule has 0 saturated carbocycles. The van der Waals surface area contributed by atoms with E-state index in [0.29, 0.717) is 16.7 Å². The Labute approximate surface area is 279 Å². The lowest BCUT2D eigenvalue weighted by molar-refractivity contribution is 0.0881. The minimum Gasteiger partial charge on any atom is -0.451 e. The molecule has 2 saturated heterocycles. The molecule has 0 atom stereocenters. The number of likely N-dealkylation sites (tertiary alicyclic amines) is 2. The van der Waals surface area contributed by atoms with Gasteiger partial charge in [-0.05, 0) is 91.4 Å². The van der Waals surface area contributed by atoms with Crippen molar-refractivity contribution in [2.45, 2.75) is 50.9 Å². The molecule has 2 fully saturated rings. The summed E-state index contributed by atoms with van der Waals surface area (Å²) in [6.07, 6.45) is 7.20. The molecule has 2 amide bonds. The van der Waals surface area contributed by atoms with Crippen LogP contribution in [0.1, 0.15) is 63.3 Å². The number of fused-ring (bicyclic) bond motifs is 1. The van der Waals surface area contributed by atoms with Crippen molar-refractivity contribution in [3.63, 3.8) is 0 Å². The molecule has 2 aromatic heterocycles. The summed E-state index contributed by atoms with van der Waals surface area (Å²) >= 11 is 0. The Morgan fingerprint density at radius 2 is 1.40 bits per heavy atom. The fourth-order valence-electron chi connectivity index (χ4n) is 6.67. The summed E-state index contributed by atoms with van der Waals surface area (Å²) in [6, 6.07) is 27.5. The number of nitrogens with one attached hydrogen (secondary N) is 2. The summed E-state index contributed by atoms with van der Waals surface area (Å²) in [7, 11) is 0. The molecule has 4 heterocycles. The lowest BCUT2D eigenvalue weighted by atomic mass is 10.0. The number of carbonyl (C=O) groups excluding carboxylic acids is 2. The Morgan fingerprint density at radius 1 is 0.792 bits per heavy atom. The number of rotatable bonds is 9. The molecule has 10 nitrogen and oxygen atoms in total. The van der Waals surface area contributed by atoms with Gasteiger partial charge in [0.1, 0.15) is 5.58 Å². The Morgan fingerprint density at radius 3 is 1.98 bits per heavy atom. The third kappa shape index (κ3) is 7.49. The molecule has 0 spiro atoms. The Balaban J connectivity index is 0.865.